The van der Waals surface area contributed by atoms with Crippen molar-refractivity contribution in [3.05, 3.63) is 35.4 Å². The lowest BCUT2D eigenvalue weighted by atomic mass is 10.0. The third-order valence-electron chi connectivity index (χ3n) is 3.87. The van der Waals surface area contributed by atoms with Gasteiger partial charge in [-0.2, -0.15) is 0 Å². The molecule has 1 aliphatic rings. The van der Waals surface area contributed by atoms with Crippen molar-refractivity contribution in [1.82, 2.24) is 10.2 Å². The van der Waals surface area contributed by atoms with Crippen LogP contribution in [0, 0.1) is 0 Å². The van der Waals surface area contributed by atoms with Crippen molar-refractivity contribution in [3.63, 3.8) is 0 Å². The van der Waals surface area contributed by atoms with Crippen LogP contribution in [0.4, 0.5) is 0 Å². The Kier molecular flexibility index (Phi) is 9.76. The number of hydrogen-bond donors (Lipinski definition) is 3. The van der Waals surface area contributed by atoms with Crippen LogP contribution in [0.5, 0.6) is 0 Å². The standard InChI is InChI=1S/C16H26N2O.C2H2O4/c1-14(2)16-5-3-15(4-6-16)13-17-7-8-18-9-11-19-12-10-18;3-1(4)2(5)6/h3-6,14,17H,7-13H2,1-2H3;(H,3,4)(H,5,6). The Morgan fingerprint density at radius 3 is 2.16 bits per heavy atom. The summed E-state index contributed by atoms with van der Waals surface area (Å²) in [5.41, 5.74) is 2.78. The number of aliphatic carboxylic acids is 2. The molecule has 0 unspecified atom stereocenters. The van der Waals surface area contributed by atoms with Gasteiger partial charge in [-0.15, -0.1) is 0 Å². The van der Waals surface area contributed by atoms with E-state index < -0.39 is 11.9 Å². The average molecular weight is 352 g/mol. The first kappa shape index (κ1) is 21.1. The van der Waals surface area contributed by atoms with Crippen molar-refractivity contribution in [3.8, 4) is 0 Å². The Morgan fingerprint density at radius 1 is 1.12 bits per heavy atom. The highest BCUT2D eigenvalue weighted by atomic mass is 16.5. The van der Waals surface area contributed by atoms with Crippen LogP contribution < -0.4 is 5.32 Å². The second kappa shape index (κ2) is 11.6. The molecule has 2 rings (SSSR count). The monoisotopic (exact) mass is 352 g/mol. The number of carboxylic acid groups (broad SMARTS) is 2. The summed E-state index contributed by atoms with van der Waals surface area (Å²) >= 11 is 0. The maximum atomic E-state index is 9.10. The summed E-state index contributed by atoms with van der Waals surface area (Å²) in [6.07, 6.45) is 0. The van der Waals surface area contributed by atoms with Crippen LogP contribution in [0.3, 0.4) is 0 Å². The zero-order valence-electron chi connectivity index (χ0n) is 14.9. The molecule has 1 aromatic rings. The Bertz CT molecular complexity index is 513. The van der Waals surface area contributed by atoms with Crippen LogP contribution in [-0.4, -0.2) is 66.4 Å². The van der Waals surface area contributed by atoms with Crippen molar-refractivity contribution in [2.24, 2.45) is 0 Å². The molecule has 0 aromatic heterocycles. The maximum Gasteiger partial charge on any atom is 0.414 e. The van der Waals surface area contributed by atoms with E-state index >= 15 is 0 Å². The van der Waals surface area contributed by atoms with E-state index in [0.717, 1.165) is 45.9 Å². The van der Waals surface area contributed by atoms with Crippen LogP contribution in [-0.2, 0) is 20.9 Å². The highest BCUT2D eigenvalue weighted by Gasteiger charge is 2.08. The van der Waals surface area contributed by atoms with Crippen molar-refractivity contribution >= 4 is 11.9 Å². The number of ether oxygens (including phenoxy) is 1. The average Bonchev–Trinajstić information content (AvgIpc) is 2.60. The van der Waals surface area contributed by atoms with Gasteiger partial charge in [0.05, 0.1) is 13.2 Å². The number of nitrogens with one attached hydrogen (secondary N) is 1. The summed E-state index contributed by atoms with van der Waals surface area (Å²) < 4.78 is 5.34. The minimum atomic E-state index is -1.82. The molecule has 1 fully saturated rings. The Labute approximate surface area is 148 Å². The molecule has 0 bridgehead atoms. The van der Waals surface area contributed by atoms with E-state index in [0.29, 0.717) is 5.92 Å². The fourth-order valence-electron chi connectivity index (χ4n) is 2.32. The molecule has 25 heavy (non-hydrogen) atoms. The van der Waals surface area contributed by atoms with Gasteiger partial charge in [0.1, 0.15) is 0 Å². The number of carboxylic acids is 2. The molecule has 0 spiro atoms. The van der Waals surface area contributed by atoms with Crippen molar-refractivity contribution in [1.29, 1.82) is 0 Å². The largest absolute Gasteiger partial charge is 0.473 e. The summed E-state index contributed by atoms with van der Waals surface area (Å²) in [5.74, 6) is -3.03. The Morgan fingerprint density at radius 2 is 1.68 bits per heavy atom. The molecule has 3 N–H and O–H groups in total. The second-order valence-corrected chi connectivity index (χ2v) is 6.14. The summed E-state index contributed by atoms with van der Waals surface area (Å²) in [7, 11) is 0. The number of morpholine rings is 1. The zero-order valence-corrected chi connectivity index (χ0v) is 14.9. The molecule has 0 radical (unpaired) electrons. The molecule has 1 aliphatic heterocycles. The SMILES string of the molecule is CC(C)c1ccc(CNCCN2CCOCC2)cc1.O=C(O)C(=O)O. The molecule has 7 heteroatoms. The van der Waals surface area contributed by atoms with Gasteiger partial charge in [0.15, 0.2) is 0 Å². The van der Waals surface area contributed by atoms with E-state index in [1.807, 2.05) is 0 Å². The Hall–Kier alpha value is -1.96. The van der Waals surface area contributed by atoms with Crippen LogP contribution in [0.15, 0.2) is 24.3 Å². The minimum absolute atomic E-state index is 0.614. The van der Waals surface area contributed by atoms with Gasteiger partial charge in [0.2, 0.25) is 0 Å². The fourth-order valence-corrected chi connectivity index (χ4v) is 2.32. The molecule has 1 aromatic carbocycles. The Balaban J connectivity index is 0.000000450. The molecular formula is C18H28N2O5. The molecule has 0 saturated carbocycles. The zero-order chi connectivity index (χ0) is 18.7. The lowest BCUT2D eigenvalue weighted by Crippen LogP contribution is -2.40. The number of hydrogen-bond acceptors (Lipinski definition) is 5. The lowest BCUT2D eigenvalue weighted by molar-refractivity contribution is -0.159. The number of nitrogens with zero attached hydrogens (tertiary/aromatic N) is 1. The van der Waals surface area contributed by atoms with E-state index in [4.69, 9.17) is 24.5 Å². The quantitative estimate of drug-likeness (QED) is 0.525. The van der Waals surface area contributed by atoms with Gasteiger partial charge in [0.25, 0.3) is 0 Å². The molecule has 140 valence electrons. The fraction of sp³-hybridized carbons (Fsp3) is 0.556. The topological polar surface area (TPSA) is 99.1 Å². The van der Waals surface area contributed by atoms with E-state index in [-0.39, 0.29) is 0 Å². The first-order valence-corrected chi connectivity index (χ1v) is 8.46. The van der Waals surface area contributed by atoms with Gasteiger partial charge in [-0.3, -0.25) is 4.90 Å². The van der Waals surface area contributed by atoms with Gasteiger partial charge in [-0.25, -0.2) is 9.59 Å². The molecule has 7 nitrogen and oxygen atoms in total. The molecule has 1 heterocycles. The van der Waals surface area contributed by atoms with Gasteiger partial charge in [-0.05, 0) is 17.0 Å². The van der Waals surface area contributed by atoms with Crippen LogP contribution >= 0.6 is 0 Å². The first-order valence-electron chi connectivity index (χ1n) is 8.46. The van der Waals surface area contributed by atoms with E-state index in [1.54, 1.807) is 0 Å². The summed E-state index contributed by atoms with van der Waals surface area (Å²) in [5, 5.41) is 18.3. The van der Waals surface area contributed by atoms with Crippen molar-refractivity contribution in [2.45, 2.75) is 26.3 Å². The predicted molar refractivity (Wildman–Crippen MR) is 94.8 cm³/mol. The summed E-state index contributed by atoms with van der Waals surface area (Å²) in [6, 6.07) is 8.95. The maximum absolute atomic E-state index is 9.10. The highest BCUT2D eigenvalue weighted by Crippen LogP contribution is 2.14. The molecule has 0 amide bonds. The number of benzene rings is 1. The van der Waals surface area contributed by atoms with Gasteiger partial charge in [-0.1, -0.05) is 38.1 Å². The van der Waals surface area contributed by atoms with Gasteiger partial charge < -0.3 is 20.3 Å². The summed E-state index contributed by atoms with van der Waals surface area (Å²) in [6.45, 7) is 11.5. The van der Waals surface area contributed by atoms with Crippen molar-refractivity contribution in [2.75, 3.05) is 39.4 Å². The highest BCUT2D eigenvalue weighted by molar-refractivity contribution is 6.27. The van der Waals surface area contributed by atoms with Gasteiger partial charge in [0, 0.05) is 32.7 Å². The van der Waals surface area contributed by atoms with Gasteiger partial charge >= 0.3 is 11.9 Å². The van der Waals surface area contributed by atoms with E-state index in [1.165, 1.54) is 11.1 Å². The minimum Gasteiger partial charge on any atom is -0.473 e. The second-order valence-electron chi connectivity index (χ2n) is 6.14. The summed E-state index contributed by atoms with van der Waals surface area (Å²) in [4.78, 5) is 20.7. The number of carbonyl (C=O) groups is 2. The molecule has 0 aliphatic carbocycles. The molecular weight excluding hydrogens is 324 g/mol. The van der Waals surface area contributed by atoms with Crippen LogP contribution in [0.1, 0.15) is 30.9 Å². The normalized spacial score (nSPS) is 14.7. The number of rotatable bonds is 6. The first-order chi connectivity index (χ1) is 11.9. The lowest BCUT2D eigenvalue weighted by Gasteiger charge is -2.26. The molecule has 1 saturated heterocycles. The van der Waals surface area contributed by atoms with Crippen LogP contribution in [0.25, 0.3) is 0 Å². The predicted octanol–water partition coefficient (Wildman–Crippen LogP) is 1.39. The van der Waals surface area contributed by atoms with Crippen LogP contribution in [0.2, 0.25) is 0 Å². The molecule has 0 atom stereocenters. The third-order valence-corrected chi connectivity index (χ3v) is 3.87. The third kappa shape index (κ3) is 9.19. The van der Waals surface area contributed by atoms with Crippen molar-refractivity contribution < 1.29 is 24.5 Å². The smallest absolute Gasteiger partial charge is 0.414 e. The van der Waals surface area contributed by atoms with E-state index in [9.17, 15) is 0 Å². The van der Waals surface area contributed by atoms with E-state index in [2.05, 4.69) is 48.3 Å².